The first-order valence-corrected chi connectivity index (χ1v) is 3.60. The molecule has 1 aromatic heterocycles. The summed E-state index contributed by atoms with van der Waals surface area (Å²) < 4.78 is 4.64. The largest absolute Gasteiger partial charge is 0.397 e. The minimum absolute atomic E-state index is 0.250. The van der Waals surface area contributed by atoms with Crippen molar-refractivity contribution in [2.45, 2.75) is 20.0 Å². The SMILES string of the molecule is CCO.NCc1noc(CN)n1. The normalized spacial score (nSPS) is 9.00. The summed E-state index contributed by atoms with van der Waals surface area (Å²) in [6.45, 7) is 2.50. The van der Waals surface area contributed by atoms with Gasteiger partial charge in [-0.15, -0.1) is 0 Å². The standard InChI is InChI=1S/C4H8N4O.C2H6O/c5-1-3-7-4(2-6)9-8-3;1-2-3/h1-2,5-6H2;3H,2H2,1H3. The molecule has 0 amide bonds. The van der Waals surface area contributed by atoms with Crippen molar-refractivity contribution in [3.8, 4) is 0 Å². The van der Waals surface area contributed by atoms with Gasteiger partial charge in [-0.2, -0.15) is 4.98 Å². The summed E-state index contributed by atoms with van der Waals surface area (Å²) in [6.07, 6.45) is 0. The first-order chi connectivity index (χ1) is 5.78. The fourth-order valence-electron chi connectivity index (χ4n) is 0.456. The van der Waals surface area contributed by atoms with Crippen molar-refractivity contribution >= 4 is 0 Å². The smallest absolute Gasteiger partial charge is 0.240 e. The summed E-state index contributed by atoms with van der Waals surface area (Å²) >= 11 is 0. The predicted molar refractivity (Wildman–Crippen MR) is 42.8 cm³/mol. The highest BCUT2D eigenvalue weighted by atomic mass is 16.5. The molecule has 0 aliphatic carbocycles. The fourth-order valence-corrected chi connectivity index (χ4v) is 0.456. The third kappa shape index (κ3) is 4.02. The van der Waals surface area contributed by atoms with Crippen molar-refractivity contribution in [3.05, 3.63) is 11.7 Å². The van der Waals surface area contributed by atoms with Gasteiger partial charge in [0.05, 0.1) is 13.1 Å². The van der Waals surface area contributed by atoms with Crippen LogP contribution in [0.5, 0.6) is 0 Å². The lowest BCUT2D eigenvalue weighted by molar-refractivity contribution is 0.318. The van der Waals surface area contributed by atoms with E-state index in [1.54, 1.807) is 6.92 Å². The Morgan fingerprint density at radius 2 is 2.00 bits per heavy atom. The minimum atomic E-state index is 0.250. The Balaban J connectivity index is 0.000000354. The van der Waals surface area contributed by atoms with Crippen LogP contribution in [0.3, 0.4) is 0 Å². The van der Waals surface area contributed by atoms with Crippen molar-refractivity contribution in [2.75, 3.05) is 6.61 Å². The summed E-state index contributed by atoms with van der Waals surface area (Å²) in [6, 6.07) is 0. The van der Waals surface area contributed by atoms with Gasteiger partial charge in [-0.25, -0.2) is 0 Å². The summed E-state index contributed by atoms with van der Waals surface area (Å²) in [5.74, 6) is 0.922. The molecule has 0 atom stereocenters. The topological polar surface area (TPSA) is 111 Å². The highest BCUT2D eigenvalue weighted by molar-refractivity contribution is 4.83. The summed E-state index contributed by atoms with van der Waals surface area (Å²) in [4.78, 5) is 3.82. The van der Waals surface area contributed by atoms with E-state index in [1.807, 2.05) is 0 Å². The van der Waals surface area contributed by atoms with Crippen LogP contribution in [0.25, 0.3) is 0 Å². The van der Waals surface area contributed by atoms with Crippen LogP contribution in [0.4, 0.5) is 0 Å². The quantitative estimate of drug-likeness (QED) is 0.529. The molecule has 12 heavy (non-hydrogen) atoms. The second kappa shape index (κ2) is 6.71. The van der Waals surface area contributed by atoms with Crippen molar-refractivity contribution in [1.82, 2.24) is 10.1 Å². The lowest BCUT2D eigenvalue weighted by Gasteiger charge is -1.78. The molecule has 5 N–H and O–H groups in total. The highest BCUT2D eigenvalue weighted by Crippen LogP contribution is 1.92. The molecule has 6 nitrogen and oxygen atoms in total. The van der Waals surface area contributed by atoms with Crippen LogP contribution >= 0.6 is 0 Å². The molecule has 1 heterocycles. The van der Waals surface area contributed by atoms with E-state index in [4.69, 9.17) is 16.6 Å². The van der Waals surface area contributed by atoms with Crippen molar-refractivity contribution in [3.63, 3.8) is 0 Å². The van der Waals surface area contributed by atoms with Gasteiger partial charge in [0.15, 0.2) is 5.82 Å². The minimum Gasteiger partial charge on any atom is -0.397 e. The van der Waals surface area contributed by atoms with Crippen molar-refractivity contribution < 1.29 is 9.63 Å². The van der Waals surface area contributed by atoms with Crippen molar-refractivity contribution in [2.24, 2.45) is 11.5 Å². The van der Waals surface area contributed by atoms with Crippen LogP contribution in [0, 0.1) is 0 Å². The van der Waals surface area contributed by atoms with Crippen molar-refractivity contribution in [1.29, 1.82) is 0 Å². The number of nitrogens with two attached hydrogens (primary N) is 2. The molecule has 0 aromatic carbocycles. The van der Waals surface area contributed by atoms with E-state index in [-0.39, 0.29) is 13.2 Å². The van der Waals surface area contributed by atoms with E-state index in [2.05, 4.69) is 14.7 Å². The summed E-state index contributed by atoms with van der Waals surface area (Å²) in [7, 11) is 0. The van der Waals surface area contributed by atoms with Gasteiger partial charge in [-0.1, -0.05) is 5.16 Å². The first-order valence-electron chi connectivity index (χ1n) is 3.60. The molecule has 0 saturated carbocycles. The zero-order chi connectivity index (χ0) is 9.40. The Morgan fingerprint density at radius 1 is 1.42 bits per heavy atom. The Labute approximate surface area is 70.6 Å². The second-order valence-corrected chi connectivity index (χ2v) is 1.83. The van der Waals surface area contributed by atoms with Gasteiger partial charge in [-0.3, -0.25) is 0 Å². The van der Waals surface area contributed by atoms with Crippen LogP contribution in [-0.2, 0) is 13.1 Å². The molecule has 0 spiro atoms. The molecule has 1 rings (SSSR count). The van der Waals surface area contributed by atoms with Gasteiger partial charge in [0.1, 0.15) is 0 Å². The number of rotatable bonds is 2. The average molecular weight is 174 g/mol. The van der Waals surface area contributed by atoms with Gasteiger partial charge in [0.2, 0.25) is 5.89 Å². The van der Waals surface area contributed by atoms with E-state index in [0.29, 0.717) is 18.3 Å². The number of aliphatic hydroxyl groups is 1. The molecule has 0 radical (unpaired) electrons. The summed E-state index contributed by atoms with van der Waals surface area (Å²) in [5, 5.41) is 11.1. The van der Waals surface area contributed by atoms with Gasteiger partial charge < -0.3 is 21.1 Å². The second-order valence-electron chi connectivity index (χ2n) is 1.83. The van der Waals surface area contributed by atoms with Crippen LogP contribution in [0.1, 0.15) is 18.6 Å². The van der Waals surface area contributed by atoms with E-state index in [9.17, 15) is 0 Å². The molecular formula is C6H14N4O2. The zero-order valence-corrected chi connectivity index (χ0v) is 7.03. The van der Waals surface area contributed by atoms with Crippen LogP contribution < -0.4 is 11.5 Å². The fraction of sp³-hybridized carbons (Fsp3) is 0.667. The molecule has 0 aliphatic heterocycles. The zero-order valence-electron chi connectivity index (χ0n) is 7.03. The number of hydrogen-bond donors (Lipinski definition) is 3. The number of aliphatic hydroxyl groups excluding tert-OH is 1. The van der Waals surface area contributed by atoms with Crippen LogP contribution in [0.2, 0.25) is 0 Å². The third-order valence-corrected chi connectivity index (χ3v) is 0.867. The Bertz CT molecular complexity index is 183. The molecule has 0 bridgehead atoms. The molecule has 0 unspecified atom stereocenters. The molecule has 0 fully saturated rings. The van der Waals surface area contributed by atoms with Crippen LogP contribution in [-0.4, -0.2) is 21.9 Å². The predicted octanol–water partition coefficient (Wildman–Crippen LogP) is -1.01. The van der Waals surface area contributed by atoms with Gasteiger partial charge in [0, 0.05) is 6.61 Å². The molecule has 1 aromatic rings. The van der Waals surface area contributed by atoms with Crippen LogP contribution in [0.15, 0.2) is 4.52 Å². The Morgan fingerprint density at radius 3 is 2.25 bits per heavy atom. The van der Waals surface area contributed by atoms with E-state index >= 15 is 0 Å². The van der Waals surface area contributed by atoms with E-state index in [1.165, 1.54) is 0 Å². The summed E-state index contributed by atoms with van der Waals surface area (Å²) in [5.41, 5.74) is 10.4. The maximum Gasteiger partial charge on any atom is 0.240 e. The first kappa shape index (κ1) is 11.0. The molecular weight excluding hydrogens is 160 g/mol. The van der Waals surface area contributed by atoms with E-state index in [0.717, 1.165) is 0 Å². The number of hydrogen-bond acceptors (Lipinski definition) is 6. The third-order valence-electron chi connectivity index (χ3n) is 0.867. The molecule has 0 saturated heterocycles. The average Bonchev–Trinajstić information content (AvgIpc) is 2.53. The Kier molecular flexibility index (Phi) is 6.16. The van der Waals surface area contributed by atoms with Gasteiger partial charge >= 0.3 is 0 Å². The lowest BCUT2D eigenvalue weighted by Crippen LogP contribution is -2.00. The monoisotopic (exact) mass is 174 g/mol. The molecule has 6 heteroatoms. The molecule has 0 aliphatic rings. The maximum atomic E-state index is 7.57. The van der Waals surface area contributed by atoms with Gasteiger partial charge in [0.25, 0.3) is 0 Å². The maximum absolute atomic E-state index is 7.57. The Hall–Kier alpha value is -0.980. The van der Waals surface area contributed by atoms with Gasteiger partial charge in [-0.05, 0) is 6.92 Å². The number of aromatic nitrogens is 2. The molecule has 70 valence electrons. The lowest BCUT2D eigenvalue weighted by atomic mass is 10.6. The van der Waals surface area contributed by atoms with E-state index < -0.39 is 0 Å². The highest BCUT2D eigenvalue weighted by Gasteiger charge is 1.99. The number of nitrogens with zero attached hydrogens (tertiary/aromatic N) is 2.